The van der Waals surface area contributed by atoms with E-state index in [2.05, 4.69) is 4.98 Å². The predicted octanol–water partition coefficient (Wildman–Crippen LogP) is 1.71. The Labute approximate surface area is 76.4 Å². The molecule has 2 rings (SSSR count). The Morgan fingerprint density at radius 2 is 2.00 bits per heavy atom. The Bertz CT molecular complexity index is 455. The molecular formula is C10H11N3. The quantitative estimate of drug-likeness (QED) is 0.637. The fourth-order valence-electron chi connectivity index (χ4n) is 1.52. The van der Waals surface area contributed by atoms with Gasteiger partial charge in [0.15, 0.2) is 0 Å². The van der Waals surface area contributed by atoms with Crippen molar-refractivity contribution >= 4 is 22.3 Å². The smallest absolute Gasteiger partial charge is 0.131 e. The summed E-state index contributed by atoms with van der Waals surface area (Å²) in [5, 5.41) is 1.94. The van der Waals surface area contributed by atoms with Gasteiger partial charge in [0.1, 0.15) is 5.82 Å². The average Bonchev–Trinajstić information content (AvgIpc) is 2.12. The summed E-state index contributed by atoms with van der Waals surface area (Å²) in [5.74, 6) is 0.544. The molecule has 0 aliphatic rings. The number of benzene rings is 1. The van der Waals surface area contributed by atoms with Gasteiger partial charge in [0.05, 0.1) is 11.9 Å². The summed E-state index contributed by atoms with van der Waals surface area (Å²) < 4.78 is 0. The van der Waals surface area contributed by atoms with E-state index in [1.54, 1.807) is 6.20 Å². The normalized spacial score (nSPS) is 10.5. The SMILES string of the molecule is Cc1cccc2c(N)cnc(N)c12. The minimum Gasteiger partial charge on any atom is -0.397 e. The first-order chi connectivity index (χ1) is 6.20. The lowest BCUT2D eigenvalue weighted by Crippen LogP contribution is -1.96. The summed E-state index contributed by atoms with van der Waals surface area (Å²) in [6.45, 7) is 2.00. The van der Waals surface area contributed by atoms with Gasteiger partial charge in [-0.2, -0.15) is 0 Å². The number of hydrogen-bond acceptors (Lipinski definition) is 3. The molecule has 0 saturated heterocycles. The first-order valence-electron chi connectivity index (χ1n) is 4.09. The van der Waals surface area contributed by atoms with Crippen LogP contribution in [0.4, 0.5) is 11.5 Å². The number of nitrogens with two attached hydrogens (primary N) is 2. The maximum Gasteiger partial charge on any atom is 0.131 e. The number of rotatable bonds is 0. The molecule has 13 heavy (non-hydrogen) atoms. The van der Waals surface area contributed by atoms with Crippen LogP contribution >= 0.6 is 0 Å². The molecule has 0 atom stereocenters. The second-order valence-corrected chi connectivity index (χ2v) is 3.10. The molecule has 66 valence electrons. The fraction of sp³-hybridized carbons (Fsp3) is 0.100. The average molecular weight is 173 g/mol. The molecule has 3 heteroatoms. The van der Waals surface area contributed by atoms with Gasteiger partial charge in [0.2, 0.25) is 0 Å². The van der Waals surface area contributed by atoms with E-state index in [0.29, 0.717) is 11.5 Å². The maximum absolute atomic E-state index is 5.78. The minimum atomic E-state index is 0.544. The van der Waals surface area contributed by atoms with E-state index in [0.717, 1.165) is 16.3 Å². The lowest BCUT2D eigenvalue weighted by Gasteiger charge is -2.06. The van der Waals surface area contributed by atoms with Gasteiger partial charge in [-0.25, -0.2) is 4.98 Å². The molecule has 1 heterocycles. The summed E-state index contributed by atoms with van der Waals surface area (Å²) in [7, 11) is 0. The fourth-order valence-corrected chi connectivity index (χ4v) is 1.52. The summed E-state index contributed by atoms with van der Waals surface area (Å²) in [4.78, 5) is 4.02. The monoisotopic (exact) mass is 173 g/mol. The van der Waals surface area contributed by atoms with E-state index >= 15 is 0 Å². The van der Waals surface area contributed by atoms with Crippen molar-refractivity contribution in [3.63, 3.8) is 0 Å². The zero-order valence-corrected chi connectivity index (χ0v) is 7.41. The van der Waals surface area contributed by atoms with Crippen molar-refractivity contribution in [1.29, 1.82) is 0 Å². The Morgan fingerprint density at radius 1 is 1.23 bits per heavy atom. The van der Waals surface area contributed by atoms with Crippen LogP contribution < -0.4 is 11.5 Å². The van der Waals surface area contributed by atoms with E-state index in [4.69, 9.17) is 11.5 Å². The van der Waals surface area contributed by atoms with E-state index < -0.39 is 0 Å². The van der Waals surface area contributed by atoms with Gasteiger partial charge in [0.25, 0.3) is 0 Å². The zero-order chi connectivity index (χ0) is 9.42. The van der Waals surface area contributed by atoms with Crippen molar-refractivity contribution in [3.8, 4) is 0 Å². The molecule has 0 amide bonds. The molecule has 4 N–H and O–H groups in total. The first kappa shape index (κ1) is 7.86. The highest BCUT2D eigenvalue weighted by molar-refractivity contribution is 6.00. The van der Waals surface area contributed by atoms with Gasteiger partial charge in [-0.05, 0) is 12.5 Å². The molecule has 0 saturated carbocycles. The zero-order valence-electron chi connectivity index (χ0n) is 7.41. The van der Waals surface area contributed by atoms with Crippen LogP contribution in [0.3, 0.4) is 0 Å². The van der Waals surface area contributed by atoms with E-state index in [9.17, 15) is 0 Å². The second kappa shape index (κ2) is 2.62. The van der Waals surface area contributed by atoms with Gasteiger partial charge in [0, 0.05) is 10.8 Å². The van der Waals surface area contributed by atoms with Crippen molar-refractivity contribution in [1.82, 2.24) is 4.98 Å². The van der Waals surface area contributed by atoms with Crippen LogP contribution in [0, 0.1) is 6.92 Å². The Kier molecular flexibility index (Phi) is 1.59. The Balaban J connectivity index is 3.00. The minimum absolute atomic E-state index is 0.544. The number of aromatic nitrogens is 1. The molecule has 1 aromatic heterocycles. The molecule has 0 spiro atoms. The first-order valence-corrected chi connectivity index (χ1v) is 4.09. The van der Waals surface area contributed by atoms with Crippen molar-refractivity contribution in [3.05, 3.63) is 30.0 Å². The molecular weight excluding hydrogens is 162 g/mol. The molecule has 0 radical (unpaired) electrons. The number of nitrogens with zero attached hydrogens (tertiary/aromatic N) is 1. The van der Waals surface area contributed by atoms with Crippen LogP contribution in [0.5, 0.6) is 0 Å². The molecule has 3 nitrogen and oxygen atoms in total. The molecule has 0 aliphatic carbocycles. The van der Waals surface area contributed by atoms with E-state index in [-0.39, 0.29) is 0 Å². The predicted molar refractivity (Wildman–Crippen MR) is 55.3 cm³/mol. The maximum atomic E-state index is 5.78. The molecule has 0 fully saturated rings. The standard InChI is InChI=1S/C10H11N3/c1-6-3-2-4-7-8(11)5-13-10(12)9(6)7/h2-5H,11H2,1H3,(H2,12,13). The summed E-state index contributed by atoms with van der Waals surface area (Å²) >= 11 is 0. The molecule has 2 aromatic rings. The van der Waals surface area contributed by atoms with Gasteiger partial charge in [-0.1, -0.05) is 18.2 Å². The Morgan fingerprint density at radius 3 is 2.69 bits per heavy atom. The highest BCUT2D eigenvalue weighted by Gasteiger charge is 2.04. The Hall–Kier alpha value is -1.77. The van der Waals surface area contributed by atoms with Gasteiger partial charge < -0.3 is 11.5 Å². The van der Waals surface area contributed by atoms with Gasteiger partial charge in [-0.15, -0.1) is 0 Å². The van der Waals surface area contributed by atoms with Crippen LogP contribution in [0.2, 0.25) is 0 Å². The van der Waals surface area contributed by atoms with E-state index in [1.807, 2.05) is 25.1 Å². The van der Waals surface area contributed by atoms with Crippen molar-refractivity contribution in [2.75, 3.05) is 11.5 Å². The lowest BCUT2D eigenvalue weighted by molar-refractivity contribution is 1.36. The number of nitrogen functional groups attached to an aromatic ring is 2. The number of anilines is 2. The van der Waals surface area contributed by atoms with Crippen LogP contribution in [0.1, 0.15) is 5.56 Å². The van der Waals surface area contributed by atoms with Crippen LogP contribution in [-0.2, 0) is 0 Å². The lowest BCUT2D eigenvalue weighted by atomic mass is 10.1. The molecule has 0 unspecified atom stereocenters. The van der Waals surface area contributed by atoms with Crippen molar-refractivity contribution in [2.24, 2.45) is 0 Å². The van der Waals surface area contributed by atoms with Crippen molar-refractivity contribution in [2.45, 2.75) is 6.92 Å². The summed E-state index contributed by atoms with van der Waals surface area (Å²) in [6, 6.07) is 5.92. The number of fused-ring (bicyclic) bond motifs is 1. The van der Waals surface area contributed by atoms with Gasteiger partial charge >= 0.3 is 0 Å². The topological polar surface area (TPSA) is 64.9 Å². The molecule has 0 aliphatic heterocycles. The molecule has 1 aromatic carbocycles. The third-order valence-electron chi connectivity index (χ3n) is 2.18. The van der Waals surface area contributed by atoms with E-state index in [1.165, 1.54) is 0 Å². The second-order valence-electron chi connectivity index (χ2n) is 3.10. The molecule has 0 bridgehead atoms. The number of hydrogen-bond donors (Lipinski definition) is 2. The highest BCUT2D eigenvalue weighted by Crippen LogP contribution is 2.26. The largest absolute Gasteiger partial charge is 0.397 e. The van der Waals surface area contributed by atoms with Crippen LogP contribution in [-0.4, -0.2) is 4.98 Å². The van der Waals surface area contributed by atoms with Gasteiger partial charge in [-0.3, -0.25) is 0 Å². The summed E-state index contributed by atoms with van der Waals surface area (Å²) in [6.07, 6.45) is 1.59. The van der Waals surface area contributed by atoms with Crippen LogP contribution in [0.15, 0.2) is 24.4 Å². The third-order valence-corrected chi connectivity index (χ3v) is 2.18. The van der Waals surface area contributed by atoms with Crippen LogP contribution in [0.25, 0.3) is 10.8 Å². The highest BCUT2D eigenvalue weighted by atomic mass is 14.8. The third kappa shape index (κ3) is 1.09. The summed E-state index contributed by atoms with van der Waals surface area (Å²) in [5.41, 5.74) is 13.3. The number of aryl methyl sites for hydroxylation is 1. The number of pyridine rings is 1. The van der Waals surface area contributed by atoms with Crippen molar-refractivity contribution < 1.29 is 0 Å².